The molecule has 0 unspecified atom stereocenters. The molecule has 1 aromatic heterocycles. The highest BCUT2D eigenvalue weighted by atomic mass is 35.5. The molecule has 0 aliphatic carbocycles. The molecule has 6 nitrogen and oxygen atoms in total. The molecular weight excluding hydrogens is 364 g/mol. The van der Waals surface area contributed by atoms with Gasteiger partial charge in [0.05, 0.1) is 12.4 Å². The first-order valence-corrected chi connectivity index (χ1v) is 9.53. The van der Waals surface area contributed by atoms with Crippen LogP contribution in [0.15, 0.2) is 42.6 Å². The zero-order chi connectivity index (χ0) is 17.9. The van der Waals surface area contributed by atoms with Gasteiger partial charge in [0.25, 0.3) is 5.91 Å². The Hall–Kier alpha value is -2.38. The van der Waals surface area contributed by atoms with E-state index in [2.05, 4.69) is 4.98 Å². The third-order valence-electron chi connectivity index (χ3n) is 3.54. The lowest BCUT2D eigenvalue weighted by molar-refractivity contribution is -0.114. The highest BCUT2D eigenvalue weighted by Crippen LogP contribution is 2.26. The van der Waals surface area contributed by atoms with Gasteiger partial charge >= 0.3 is 0 Å². The summed E-state index contributed by atoms with van der Waals surface area (Å²) in [5.41, 5.74) is 2.32. The topological polar surface area (TPSA) is 85.4 Å². The molecule has 0 atom stereocenters. The summed E-state index contributed by atoms with van der Waals surface area (Å²) in [6.45, 7) is 0.654. The van der Waals surface area contributed by atoms with E-state index in [1.165, 1.54) is 18.3 Å². The molecule has 0 saturated carbocycles. The van der Waals surface area contributed by atoms with E-state index in [0.717, 1.165) is 23.3 Å². The van der Waals surface area contributed by atoms with Crippen molar-refractivity contribution in [2.45, 2.75) is 12.2 Å². The molecule has 0 bridgehead atoms. The van der Waals surface area contributed by atoms with E-state index < -0.39 is 15.9 Å². The molecule has 2 heterocycles. The van der Waals surface area contributed by atoms with Gasteiger partial charge in [-0.3, -0.25) is 4.79 Å². The molecule has 1 aliphatic heterocycles. The smallest absolute Gasteiger partial charge is 0.257 e. The maximum absolute atomic E-state index is 12.0. The van der Waals surface area contributed by atoms with Crippen LogP contribution in [0.25, 0.3) is 6.08 Å². The summed E-state index contributed by atoms with van der Waals surface area (Å²) in [5, 5.41) is 0.271. The molecule has 2 aromatic rings. The molecule has 1 amide bonds. The van der Waals surface area contributed by atoms with Crippen LogP contribution in [0, 0.1) is 0 Å². The fourth-order valence-corrected chi connectivity index (χ4v) is 3.58. The Labute approximate surface area is 150 Å². The van der Waals surface area contributed by atoms with Crippen molar-refractivity contribution in [2.24, 2.45) is 0 Å². The number of carbonyl (C=O) groups excluding carboxylic acids is 1. The molecule has 130 valence electrons. The van der Waals surface area contributed by atoms with Crippen LogP contribution >= 0.6 is 11.6 Å². The Morgan fingerprint density at radius 1 is 1.32 bits per heavy atom. The Bertz CT molecular complexity index is 924. The second-order valence-corrected chi connectivity index (χ2v) is 7.62. The average molecular weight is 379 g/mol. The normalized spacial score (nSPS) is 13.5. The molecule has 0 radical (unpaired) electrons. The maximum Gasteiger partial charge on any atom is 0.257 e. The number of halogens is 1. The van der Waals surface area contributed by atoms with Crippen molar-refractivity contribution in [1.29, 1.82) is 0 Å². The van der Waals surface area contributed by atoms with E-state index >= 15 is 0 Å². The predicted octanol–water partition coefficient (Wildman–Crippen LogP) is 2.33. The number of benzene rings is 1. The summed E-state index contributed by atoms with van der Waals surface area (Å²) in [6.07, 6.45) is 4.93. The molecule has 25 heavy (non-hydrogen) atoms. The number of sulfonamides is 1. The molecule has 0 fully saturated rings. The van der Waals surface area contributed by atoms with Crippen LogP contribution in [0.3, 0.4) is 0 Å². The minimum Gasteiger partial charge on any atom is -0.493 e. The van der Waals surface area contributed by atoms with E-state index in [-0.39, 0.29) is 10.9 Å². The van der Waals surface area contributed by atoms with E-state index in [1.54, 1.807) is 12.1 Å². The van der Waals surface area contributed by atoms with Gasteiger partial charge in [-0.25, -0.2) is 18.1 Å². The minimum absolute atomic E-state index is 0.271. The highest BCUT2D eigenvalue weighted by Gasteiger charge is 2.15. The molecule has 1 aliphatic rings. The molecule has 1 aromatic carbocycles. The first-order chi connectivity index (χ1) is 11.9. The van der Waals surface area contributed by atoms with Crippen molar-refractivity contribution in [2.75, 3.05) is 6.61 Å². The average Bonchev–Trinajstić information content (AvgIpc) is 3.02. The van der Waals surface area contributed by atoms with E-state index in [1.807, 2.05) is 22.9 Å². The van der Waals surface area contributed by atoms with Crippen LogP contribution in [0.2, 0.25) is 5.15 Å². The number of ether oxygens (including phenoxy) is 1. The van der Waals surface area contributed by atoms with Gasteiger partial charge in [0.2, 0.25) is 10.0 Å². The number of hydrogen-bond acceptors (Lipinski definition) is 5. The Morgan fingerprint density at radius 2 is 2.16 bits per heavy atom. The summed E-state index contributed by atoms with van der Waals surface area (Å²) in [5.74, 6) is -0.216. The van der Waals surface area contributed by atoms with Crippen molar-refractivity contribution in [3.05, 3.63) is 64.4 Å². The number of nitrogens with one attached hydrogen (secondary N) is 1. The van der Waals surface area contributed by atoms with Crippen LogP contribution in [0.5, 0.6) is 5.75 Å². The van der Waals surface area contributed by atoms with Gasteiger partial charge < -0.3 is 4.74 Å². The second-order valence-electron chi connectivity index (χ2n) is 5.51. The minimum atomic E-state index is -3.81. The summed E-state index contributed by atoms with van der Waals surface area (Å²) in [6, 6.07) is 8.60. The van der Waals surface area contributed by atoms with Gasteiger partial charge in [-0.1, -0.05) is 23.7 Å². The fourth-order valence-electron chi connectivity index (χ4n) is 2.42. The first-order valence-electron chi connectivity index (χ1n) is 7.50. The lowest BCUT2D eigenvalue weighted by Crippen LogP contribution is -2.30. The largest absolute Gasteiger partial charge is 0.493 e. The van der Waals surface area contributed by atoms with Gasteiger partial charge in [-0.05, 0) is 41.0 Å². The van der Waals surface area contributed by atoms with Gasteiger partial charge in [0.1, 0.15) is 10.9 Å². The standard InChI is InChI=1S/C17H15ClN2O4S/c18-16-5-2-13(10-19-16)11-25(22,23)20-17(21)6-3-12-1-4-15-14(9-12)7-8-24-15/h1-6,9-10H,7-8,11H2,(H,20,21). The number of pyridine rings is 1. The van der Waals surface area contributed by atoms with Crippen molar-refractivity contribution in [1.82, 2.24) is 9.71 Å². The Kier molecular flexibility index (Phi) is 5.06. The van der Waals surface area contributed by atoms with Crippen molar-refractivity contribution in [3.8, 4) is 5.75 Å². The number of nitrogens with zero attached hydrogens (tertiary/aromatic N) is 1. The SMILES string of the molecule is O=C(C=Cc1ccc2c(c1)CCO2)NS(=O)(=O)Cc1ccc(Cl)nc1. The molecular formula is C17H15ClN2O4S. The summed E-state index contributed by atoms with van der Waals surface area (Å²) < 4.78 is 31.4. The van der Waals surface area contributed by atoms with E-state index in [9.17, 15) is 13.2 Å². The van der Waals surface area contributed by atoms with E-state index in [0.29, 0.717) is 12.2 Å². The third kappa shape index (κ3) is 4.80. The number of fused-ring (bicyclic) bond motifs is 1. The van der Waals surface area contributed by atoms with Crippen LogP contribution in [-0.2, 0) is 27.0 Å². The van der Waals surface area contributed by atoms with Gasteiger partial charge in [0, 0.05) is 18.7 Å². The van der Waals surface area contributed by atoms with Crippen LogP contribution in [-0.4, -0.2) is 25.9 Å². The lowest BCUT2D eigenvalue weighted by atomic mass is 10.1. The zero-order valence-electron chi connectivity index (χ0n) is 13.1. The second kappa shape index (κ2) is 7.25. The summed E-state index contributed by atoms with van der Waals surface area (Å²) in [4.78, 5) is 15.7. The number of aromatic nitrogens is 1. The molecule has 1 N–H and O–H groups in total. The van der Waals surface area contributed by atoms with Gasteiger partial charge in [-0.2, -0.15) is 0 Å². The van der Waals surface area contributed by atoms with Gasteiger partial charge in [0.15, 0.2) is 0 Å². The molecule has 0 spiro atoms. The highest BCUT2D eigenvalue weighted by molar-refractivity contribution is 7.89. The summed E-state index contributed by atoms with van der Waals surface area (Å²) in [7, 11) is -3.81. The van der Waals surface area contributed by atoms with E-state index in [4.69, 9.17) is 16.3 Å². The quantitative estimate of drug-likeness (QED) is 0.637. The van der Waals surface area contributed by atoms with Crippen LogP contribution in [0.1, 0.15) is 16.7 Å². The predicted molar refractivity (Wildman–Crippen MR) is 94.7 cm³/mol. The number of rotatable bonds is 5. The monoisotopic (exact) mass is 378 g/mol. The zero-order valence-corrected chi connectivity index (χ0v) is 14.7. The number of hydrogen-bond donors (Lipinski definition) is 1. The number of amides is 1. The lowest BCUT2D eigenvalue weighted by Gasteiger charge is -2.05. The Morgan fingerprint density at radius 3 is 2.92 bits per heavy atom. The Balaban J connectivity index is 1.62. The molecule has 3 rings (SSSR count). The van der Waals surface area contributed by atoms with Crippen molar-refractivity contribution < 1.29 is 17.9 Å². The van der Waals surface area contributed by atoms with Gasteiger partial charge in [-0.15, -0.1) is 0 Å². The van der Waals surface area contributed by atoms with Crippen LogP contribution < -0.4 is 9.46 Å². The number of carbonyl (C=O) groups is 1. The first kappa shape index (κ1) is 17.4. The molecule has 0 saturated heterocycles. The van der Waals surface area contributed by atoms with Crippen molar-refractivity contribution in [3.63, 3.8) is 0 Å². The third-order valence-corrected chi connectivity index (χ3v) is 4.99. The molecule has 8 heteroatoms. The maximum atomic E-state index is 12.0. The van der Waals surface area contributed by atoms with Crippen molar-refractivity contribution >= 4 is 33.6 Å². The van der Waals surface area contributed by atoms with Crippen LogP contribution in [0.4, 0.5) is 0 Å². The fraction of sp³-hybridized carbons (Fsp3) is 0.176. The summed E-state index contributed by atoms with van der Waals surface area (Å²) >= 11 is 5.65.